The molecule has 0 bridgehead atoms. The van der Waals surface area contributed by atoms with Crippen molar-refractivity contribution in [2.24, 2.45) is 5.92 Å². The second kappa shape index (κ2) is 8.22. The Hall–Kier alpha value is -0.880. The average molecular weight is 161 g/mol. The van der Waals surface area contributed by atoms with Crippen LogP contribution in [-0.4, -0.2) is 0 Å². The molecule has 0 aromatic heterocycles. The SMILES string of the molecule is [CH2]C(C#CCC)C#CCCCC. The summed E-state index contributed by atoms with van der Waals surface area (Å²) in [6, 6.07) is 0. The fraction of sp³-hybridized carbons (Fsp3) is 0.583. The predicted molar refractivity (Wildman–Crippen MR) is 54.2 cm³/mol. The highest BCUT2D eigenvalue weighted by Crippen LogP contribution is 1.93. The summed E-state index contributed by atoms with van der Waals surface area (Å²) in [5, 5.41) is 0. The molecule has 0 rings (SSSR count). The van der Waals surface area contributed by atoms with Crippen LogP contribution in [0, 0.1) is 36.5 Å². The van der Waals surface area contributed by atoms with Gasteiger partial charge in [-0.1, -0.05) is 32.1 Å². The molecular weight excluding hydrogens is 144 g/mol. The van der Waals surface area contributed by atoms with Crippen LogP contribution >= 0.6 is 0 Å². The quantitative estimate of drug-likeness (QED) is 0.431. The molecule has 0 nitrogen and oxygen atoms in total. The molecule has 0 fully saturated rings. The van der Waals surface area contributed by atoms with E-state index in [9.17, 15) is 0 Å². The zero-order valence-corrected chi connectivity index (χ0v) is 8.11. The Morgan fingerprint density at radius 3 is 2.42 bits per heavy atom. The minimum absolute atomic E-state index is 0.00167. The molecule has 0 aliphatic carbocycles. The Labute approximate surface area is 76.8 Å². The summed E-state index contributed by atoms with van der Waals surface area (Å²) in [7, 11) is 0. The van der Waals surface area contributed by atoms with Crippen LogP contribution in [0.4, 0.5) is 0 Å². The first-order valence-corrected chi connectivity index (χ1v) is 4.61. The molecule has 0 aliphatic heterocycles. The molecule has 1 unspecified atom stereocenters. The molecule has 0 heteroatoms. The summed E-state index contributed by atoms with van der Waals surface area (Å²) in [6.07, 6.45) is 4.26. The monoisotopic (exact) mass is 161 g/mol. The highest BCUT2D eigenvalue weighted by Gasteiger charge is 1.86. The standard InChI is InChI=1S/C12H17/c1-4-6-8-9-11-12(3)10-7-5-2/h12H,3-6,8H2,1-2H3. The van der Waals surface area contributed by atoms with Gasteiger partial charge in [0.2, 0.25) is 0 Å². The lowest BCUT2D eigenvalue weighted by molar-refractivity contribution is 0.827. The van der Waals surface area contributed by atoms with Gasteiger partial charge in [-0.2, -0.15) is 0 Å². The van der Waals surface area contributed by atoms with E-state index < -0.39 is 0 Å². The third-order valence-corrected chi connectivity index (χ3v) is 1.38. The summed E-state index contributed by atoms with van der Waals surface area (Å²) < 4.78 is 0. The maximum Gasteiger partial charge on any atom is 0.0812 e. The van der Waals surface area contributed by atoms with E-state index in [-0.39, 0.29) is 5.92 Å². The highest BCUT2D eigenvalue weighted by molar-refractivity contribution is 5.18. The van der Waals surface area contributed by atoms with E-state index in [0.29, 0.717) is 0 Å². The van der Waals surface area contributed by atoms with Gasteiger partial charge < -0.3 is 0 Å². The molecule has 0 aromatic rings. The number of hydrogen-bond donors (Lipinski definition) is 0. The molecule has 0 N–H and O–H groups in total. The maximum absolute atomic E-state index is 3.83. The van der Waals surface area contributed by atoms with E-state index in [4.69, 9.17) is 0 Å². The van der Waals surface area contributed by atoms with E-state index in [1.54, 1.807) is 0 Å². The molecule has 0 aromatic carbocycles. The summed E-state index contributed by atoms with van der Waals surface area (Å²) in [5.74, 6) is 12.0. The zero-order chi connectivity index (χ0) is 9.23. The van der Waals surface area contributed by atoms with Gasteiger partial charge in [0.25, 0.3) is 0 Å². The van der Waals surface area contributed by atoms with Crippen LogP contribution < -0.4 is 0 Å². The number of rotatable bonds is 2. The summed E-state index contributed by atoms with van der Waals surface area (Å²) >= 11 is 0. The van der Waals surface area contributed by atoms with Crippen LogP contribution in [0.2, 0.25) is 0 Å². The van der Waals surface area contributed by atoms with Gasteiger partial charge >= 0.3 is 0 Å². The van der Waals surface area contributed by atoms with Crippen molar-refractivity contribution >= 4 is 0 Å². The van der Waals surface area contributed by atoms with Crippen LogP contribution in [-0.2, 0) is 0 Å². The summed E-state index contributed by atoms with van der Waals surface area (Å²) in [4.78, 5) is 0. The average Bonchev–Trinajstić information content (AvgIpc) is 2.09. The Morgan fingerprint density at radius 2 is 1.83 bits per heavy atom. The maximum atomic E-state index is 3.83. The van der Waals surface area contributed by atoms with Crippen molar-refractivity contribution in [3.05, 3.63) is 6.92 Å². The molecular formula is C12H17. The molecule has 12 heavy (non-hydrogen) atoms. The molecule has 0 saturated carbocycles. The Balaban J connectivity index is 3.63. The Bertz CT molecular complexity index is 204. The van der Waals surface area contributed by atoms with Gasteiger partial charge in [-0.05, 0) is 13.3 Å². The van der Waals surface area contributed by atoms with Gasteiger partial charge in [0.15, 0.2) is 0 Å². The van der Waals surface area contributed by atoms with Gasteiger partial charge in [0, 0.05) is 12.8 Å². The van der Waals surface area contributed by atoms with E-state index in [1.165, 1.54) is 12.8 Å². The lowest BCUT2D eigenvalue weighted by Crippen LogP contribution is -1.83. The summed E-state index contributed by atoms with van der Waals surface area (Å²) in [5.41, 5.74) is 0. The largest absolute Gasteiger partial charge is 0.102 e. The molecule has 0 heterocycles. The minimum Gasteiger partial charge on any atom is -0.102 e. The van der Waals surface area contributed by atoms with E-state index >= 15 is 0 Å². The first-order valence-electron chi connectivity index (χ1n) is 4.61. The lowest BCUT2D eigenvalue weighted by Gasteiger charge is -1.88. The van der Waals surface area contributed by atoms with Gasteiger partial charge in [0.1, 0.15) is 0 Å². The zero-order valence-electron chi connectivity index (χ0n) is 8.11. The summed E-state index contributed by atoms with van der Waals surface area (Å²) in [6.45, 7) is 8.02. The van der Waals surface area contributed by atoms with Gasteiger partial charge in [-0.3, -0.25) is 0 Å². The second-order valence-electron chi connectivity index (χ2n) is 2.65. The third-order valence-electron chi connectivity index (χ3n) is 1.38. The van der Waals surface area contributed by atoms with Crippen molar-refractivity contribution in [1.82, 2.24) is 0 Å². The molecule has 1 atom stereocenters. The fourth-order valence-electron chi connectivity index (χ4n) is 0.722. The second-order valence-corrected chi connectivity index (χ2v) is 2.65. The van der Waals surface area contributed by atoms with Crippen molar-refractivity contribution in [3.63, 3.8) is 0 Å². The normalized spacial score (nSPS) is 10.6. The van der Waals surface area contributed by atoms with E-state index in [1.807, 2.05) is 6.92 Å². The highest BCUT2D eigenvalue weighted by atomic mass is 13.9. The first-order chi connectivity index (χ1) is 5.81. The smallest absolute Gasteiger partial charge is 0.0812 e. The van der Waals surface area contributed by atoms with Gasteiger partial charge in [-0.15, -0.1) is 11.8 Å². The van der Waals surface area contributed by atoms with Crippen LogP contribution in [0.3, 0.4) is 0 Å². The lowest BCUT2D eigenvalue weighted by atomic mass is 10.1. The Kier molecular flexibility index (Phi) is 7.62. The fourth-order valence-corrected chi connectivity index (χ4v) is 0.722. The minimum atomic E-state index is 0.00167. The molecule has 0 aliphatic rings. The molecule has 0 amide bonds. The molecule has 65 valence electrons. The number of unbranched alkanes of at least 4 members (excludes halogenated alkanes) is 2. The van der Waals surface area contributed by atoms with Crippen molar-refractivity contribution < 1.29 is 0 Å². The van der Waals surface area contributed by atoms with Crippen LogP contribution in [0.5, 0.6) is 0 Å². The van der Waals surface area contributed by atoms with E-state index in [0.717, 1.165) is 12.8 Å². The van der Waals surface area contributed by atoms with E-state index in [2.05, 4.69) is 37.5 Å². The molecule has 1 radical (unpaired) electrons. The van der Waals surface area contributed by atoms with Crippen molar-refractivity contribution in [2.75, 3.05) is 0 Å². The predicted octanol–water partition coefficient (Wildman–Crippen LogP) is 3.04. The van der Waals surface area contributed by atoms with Gasteiger partial charge in [-0.25, -0.2) is 0 Å². The number of hydrogen-bond acceptors (Lipinski definition) is 0. The van der Waals surface area contributed by atoms with Crippen LogP contribution in [0.15, 0.2) is 0 Å². The third kappa shape index (κ3) is 7.23. The van der Waals surface area contributed by atoms with Crippen LogP contribution in [0.1, 0.15) is 39.5 Å². The molecule has 0 saturated heterocycles. The van der Waals surface area contributed by atoms with Crippen molar-refractivity contribution in [1.29, 1.82) is 0 Å². The van der Waals surface area contributed by atoms with Gasteiger partial charge in [0.05, 0.1) is 5.92 Å². The van der Waals surface area contributed by atoms with Crippen LogP contribution in [0.25, 0.3) is 0 Å². The van der Waals surface area contributed by atoms with Crippen molar-refractivity contribution in [3.8, 4) is 23.7 Å². The topological polar surface area (TPSA) is 0 Å². The Morgan fingerprint density at radius 1 is 1.17 bits per heavy atom. The first kappa shape index (κ1) is 11.1. The van der Waals surface area contributed by atoms with Crippen molar-refractivity contribution in [2.45, 2.75) is 39.5 Å². The molecule has 0 spiro atoms.